The maximum Gasteiger partial charge on any atom is 0.316 e. The lowest BCUT2D eigenvalue weighted by atomic mass is 10.2. The van der Waals surface area contributed by atoms with Gasteiger partial charge in [-0.15, -0.1) is 0 Å². The Bertz CT molecular complexity index is 581. The molecule has 1 aromatic carbocycles. The maximum absolute atomic E-state index is 11.8. The van der Waals surface area contributed by atoms with Gasteiger partial charge in [0.2, 0.25) is 0 Å². The largest absolute Gasteiger partial charge is 0.351 e. The second-order valence-electron chi connectivity index (χ2n) is 3.76. The number of rotatable bonds is 3. The number of hydrogen-bond acceptors (Lipinski definition) is 3. The number of hydrogen-bond donors (Lipinski definition) is 3. The molecule has 2 rings (SSSR count). The molecule has 3 amide bonds. The first-order valence-corrected chi connectivity index (χ1v) is 5.53. The van der Waals surface area contributed by atoms with Crippen LogP contribution in [0.2, 0.25) is 0 Å². The lowest BCUT2D eigenvalue weighted by Crippen LogP contribution is -2.19. The smallest absolute Gasteiger partial charge is 0.316 e. The van der Waals surface area contributed by atoms with E-state index >= 15 is 0 Å². The van der Waals surface area contributed by atoms with Crippen LogP contribution in [-0.2, 0) is 0 Å². The number of amides is 3. The Kier molecular flexibility index (Phi) is 3.72. The van der Waals surface area contributed by atoms with Crippen molar-refractivity contribution in [3.05, 3.63) is 54.4 Å². The van der Waals surface area contributed by atoms with Crippen molar-refractivity contribution in [1.29, 1.82) is 0 Å². The van der Waals surface area contributed by atoms with Gasteiger partial charge in [0.25, 0.3) is 5.91 Å². The number of carbonyl (C=O) groups is 2. The van der Waals surface area contributed by atoms with E-state index < -0.39 is 6.03 Å². The molecule has 1 aromatic heterocycles. The van der Waals surface area contributed by atoms with E-state index in [0.29, 0.717) is 16.9 Å². The van der Waals surface area contributed by atoms with Crippen molar-refractivity contribution in [1.82, 2.24) is 4.98 Å². The molecule has 0 bridgehead atoms. The highest BCUT2D eigenvalue weighted by molar-refractivity contribution is 6.04. The Hall–Kier alpha value is -2.89. The van der Waals surface area contributed by atoms with Crippen LogP contribution < -0.4 is 16.4 Å². The summed E-state index contributed by atoms with van der Waals surface area (Å²) in [7, 11) is 0. The number of carbonyl (C=O) groups excluding carboxylic acids is 2. The number of nitrogens with zero attached hydrogens (tertiary/aromatic N) is 1. The van der Waals surface area contributed by atoms with Crippen LogP contribution in [0.3, 0.4) is 0 Å². The summed E-state index contributed by atoms with van der Waals surface area (Å²) in [4.78, 5) is 26.3. The molecule has 96 valence electrons. The Balaban J connectivity index is 2.04. The van der Waals surface area contributed by atoms with Crippen LogP contribution >= 0.6 is 0 Å². The van der Waals surface area contributed by atoms with E-state index in [4.69, 9.17) is 5.73 Å². The van der Waals surface area contributed by atoms with Crippen molar-refractivity contribution in [3.63, 3.8) is 0 Å². The predicted molar refractivity (Wildman–Crippen MR) is 71.8 cm³/mol. The number of primary amides is 1. The third-order valence-corrected chi connectivity index (χ3v) is 2.35. The Labute approximate surface area is 109 Å². The van der Waals surface area contributed by atoms with Crippen LogP contribution in [0.1, 0.15) is 10.4 Å². The lowest BCUT2D eigenvalue weighted by molar-refractivity contribution is 0.102. The second kappa shape index (κ2) is 5.63. The topological polar surface area (TPSA) is 97.1 Å². The molecule has 0 aliphatic rings. The molecule has 0 fully saturated rings. The molecule has 19 heavy (non-hydrogen) atoms. The molecule has 6 nitrogen and oxygen atoms in total. The number of urea groups is 1. The van der Waals surface area contributed by atoms with Gasteiger partial charge in [-0.2, -0.15) is 0 Å². The number of benzene rings is 1. The first kappa shape index (κ1) is 12.6. The van der Waals surface area contributed by atoms with Crippen LogP contribution in [0, 0.1) is 0 Å². The number of anilines is 2. The molecule has 0 aliphatic carbocycles. The summed E-state index contributed by atoms with van der Waals surface area (Å²) in [5.74, 6) is -0.224. The van der Waals surface area contributed by atoms with Crippen LogP contribution in [-0.4, -0.2) is 16.9 Å². The van der Waals surface area contributed by atoms with E-state index in [2.05, 4.69) is 15.6 Å². The van der Waals surface area contributed by atoms with Gasteiger partial charge in [-0.25, -0.2) is 4.79 Å². The second-order valence-corrected chi connectivity index (χ2v) is 3.76. The Morgan fingerprint density at radius 3 is 1.95 bits per heavy atom. The van der Waals surface area contributed by atoms with Gasteiger partial charge in [-0.3, -0.25) is 9.78 Å². The van der Waals surface area contributed by atoms with E-state index in [1.54, 1.807) is 48.8 Å². The van der Waals surface area contributed by atoms with Crippen molar-refractivity contribution in [2.24, 2.45) is 5.73 Å². The van der Waals surface area contributed by atoms with Crippen molar-refractivity contribution in [3.8, 4) is 0 Å². The van der Waals surface area contributed by atoms with E-state index in [0.717, 1.165) is 0 Å². The van der Waals surface area contributed by atoms with Crippen LogP contribution in [0.4, 0.5) is 16.2 Å². The van der Waals surface area contributed by atoms with Gasteiger partial charge in [-0.05, 0) is 36.4 Å². The molecule has 6 heteroatoms. The SMILES string of the molecule is NC(=O)Nc1ccc(NC(=O)c2ccncc2)cc1. The van der Waals surface area contributed by atoms with Gasteiger partial charge in [0.1, 0.15) is 0 Å². The quantitative estimate of drug-likeness (QED) is 0.781. The minimum Gasteiger partial charge on any atom is -0.351 e. The minimum atomic E-state index is -0.631. The van der Waals surface area contributed by atoms with Gasteiger partial charge in [0.05, 0.1) is 0 Å². The fraction of sp³-hybridized carbons (Fsp3) is 0. The first-order valence-electron chi connectivity index (χ1n) is 5.53. The average Bonchev–Trinajstić information content (AvgIpc) is 2.41. The van der Waals surface area contributed by atoms with E-state index in [-0.39, 0.29) is 5.91 Å². The van der Waals surface area contributed by atoms with Gasteiger partial charge >= 0.3 is 6.03 Å². The summed E-state index contributed by atoms with van der Waals surface area (Å²) in [6.07, 6.45) is 3.10. The molecule has 0 unspecified atom stereocenters. The fourth-order valence-corrected chi connectivity index (χ4v) is 1.49. The number of nitrogens with one attached hydrogen (secondary N) is 2. The Morgan fingerprint density at radius 2 is 1.42 bits per heavy atom. The van der Waals surface area contributed by atoms with Crippen molar-refractivity contribution >= 4 is 23.3 Å². The van der Waals surface area contributed by atoms with Crippen molar-refractivity contribution in [2.45, 2.75) is 0 Å². The molecule has 4 N–H and O–H groups in total. The highest BCUT2D eigenvalue weighted by Gasteiger charge is 2.05. The summed E-state index contributed by atoms with van der Waals surface area (Å²) in [6.45, 7) is 0. The van der Waals surface area contributed by atoms with Crippen LogP contribution in [0.25, 0.3) is 0 Å². The third-order valence-electron chi connectivity index (χ3n) is 2.35. The Morgan fingerprint density at radius 1 is 0.895 bits per heavy atom. The summed E-state index contributed by atoms with van der Waals surface area (Å²) in [5.41, 5.74) is 6.70. The van der Waals surface area contributed by atoms with Gasteiger partial charge < -0.3 is 16.4 Å². The van der Waals surface area contributed by atoms with Crippen molar-refractivity contribution < 1.29 is 9.59 Å². The molecular weight excluding hydrogens is 244 g/mol. The molecule has 0 saturated carbocycles. The number of nitrogens with two attached hydrogens (primary N) is 1. The average molecular weight is 256 g/mol. The molecule has 0 radical (unpaired) electrons. The maximum atomic E-state index is 11.8. The third kappa shape index (κ3) is 3.53. The summed E-state index contributed by atoms with van der Waals surface area (Å²) in [6, 6.07) is 9.25. The first-order chi connectivity index (χ1) is 9.15. The van der Waals surface area contributed by atoms with Crippen LogP contribution in [0.5, 0.6) is 0 Å². The highest BCUT2D eigenvalue weighted by Crippen LogP contribution is 2.14. The summed E-state index contributed by atoms with van der Waals surface area (Å²) in [5, 5.41) is 5.16. The number of aromatic nitrogens is 1. The van der Waals surface area contributed by atoms with Crippen LogP contribution in [0.15, 0.2) is 48.8 Å². The predicted octanol–water partition coefficient (Wildman–Crippen LogP) is 1.82. The zero-order valence-electron chi connectivity index (χ0n) is 9.96. The minimum absolute atomic E-state index is 0.224. The molecule has 0 saturated heterocycles. The monoisotopic (exact) mass is 256 g/mol. The molecule has 0 atom stereocenters. The lowest BCUT2D eigenvalue weighted by Gasteiger charge is -2.06. The van der Waals surface area contributed by atoms with Gasteiger partial charge in [0, 0.05) is 29.3 Å². The van der Waals surface area contributed by atoms with Crippen molar-refractivity contribution in [2.75, 3.05) is 10.6 Å². The van der Waals surface area contributed by atoms with E-state index in [1.807, 2.05) is 0 Å². The standard InChI is InChI=1S/C13H12N4O2/c14-13(19)17-11-3-1-10(2-4-11)16-12(18)9-5-7-15-8-6-9/h1-8H,(H,16,18)(H3,14,17,19). The van der Waals surface area contributed by atoms with Gasteiger partial charge in [-0.1, -0.05) is 0 Å². The zero-order chi connectivity index (χ0) is 13.7. The molecular formula is C13H12N4O2. The molecule has 2 aromatic rings. The highest BCUT2D eigenvalue weighted by atomic mass is 16.2. The molecule has 0 spiro atoms. The van der Waals surface area contributed by atoms with Gasteiger partial charge in [0.15, 0.2) is 0 Å². The zero-order valence-corrected chi connectivity index (χ0v) is 9.96. The normalized spacial score (nSPS) is 9.68. The summed E-state index contributed by atoms with van der Waals surface area (Å²) >= 11 is 0. The molecule has 1 heterocycles. The summed E-state index contributed by atoms with van der Waals surface area (Å²) < 4.78 is 0. The fourth-order valence-electron chi connectivity index (χ4n) is 1.49. The van der Waals surface area contributed by atoms with E-state index in [9.17, 15) is 9.59 Å². The number of pyridine rings is 1. The molecule has 0 aliphatic heterocycles. The van der Waals surface area contributed by atoms with E-state index in [1.165, 1.54) is 0 Å².